The first-order valence-corrected chi connectivity index (χ1v) is 34.3. The first-order valence-electron chi connectivity index (χ1n) is 32.0. The van der Waals surface area contributed by atoms with Gasteiger partial charge in [0, 0.05) is 31.4 Å². The van der Waals surface area contributed by atoms with Gasteiger partial charge in [-0.1, -0.05) is 158 Å². The van der Waals surface area contributed by atoms with Crippen LogP contribution >= 0.6 is 59.1 Å². The third-order valence-corrected chi connectivity index (χ3v) is 17.5. The van der Waals surface area contributed by atoms with E-state index in [1.54, 1.807) is 90.7 Å². The van der Waals surface area contributed by atoms with Gasteiger partial charge in [-0.05, 0) is 139 Å². The summed E-state index contributed by atoms with van der Waals surface area (Å²) in [6, 6.07) is 36.5. The van der Waals surface area contributed by atoms with Crippen LogP contribution in [-0.2, 0) is 70.8 Å². The molecule has 4 amide bonds. The van der Waals surface area contributed by atoms with E-state index in [0.29, 0.717) is 25.2 Å². The molecule has 0 fully saturated rings. The molecule has 5 aliphatic heterocycles. The van der Waals surface area contributed by atoms with Gasteiger partial charge in [0.15, 0.2) is 28.1 Å². The number of ether oxygens (including phenoxy) is 5. The van der Waals surface area contributed by atoms with Crippen molar-refractivity contribution < 1.29 is 62.4 Å². The third kappa shape index (κ3) is 24.3. The molecular formula is C78H110Cl3N9O13S2. The molecule has 5 unspecified atom stereocenters. The molecule has 12 rings (SSSR count). The van der Waals surface area contributed by atoms with Gasteiger partial charge in [0.2, 0.25) is 0 Å². The lowest BCUT2D eigenvalue weighted by Gasteiger charge is -2.28. The Labute approximate surface area is 647 Å². The fourth-order valence-corrected chi connectivity index (χ4v) is 13.0. The van der Waals surface area contributed by atoms with E-state index in [1.165, 1.54) is 44.3 Å². The summed E-state index contributed by atoms with van der Waals surface area (Å²) in [7, 11) is 5.06. The van der Waals surface area contributed by atoms with E-state index in [4.69, 9.17) is 35.3 Å². The molecule has 5 aliphatic rings. The molecule has 2 aromatic heterocycles. The number of carbonyl (C=O) groups excluding carboxylic acids is 6. The fraction of sp³-hybridized carbons (Fsp3) is 0.449. The van der Waals surface area contributed by atoms with E-state index in [0.717, 1.165) is 67.1 Å². The van der Waals surface area contributed by atoms with Crippen LogP contribution < -0.4 is 16.0 Å². The molecule has 0 saturated carbocycles. The van der Waals surface area contributed by atoms with Crippen LogP contribution in [0.2, 0.25) is 0 Å². The number of methoxy groups -OCH3 is 1. The average molecular weight is 1550 g/mol. The molecular weight excluding hydrogens is 1440 g/mol. The average Bonchev–Trinajstić information content (AvgIpc) is 1.64. The highest BCUT2D eigenvalue weighted by molar-refractivity contribution is 7.14. The predicted molar refractivity (Wildman–Crippen MR) is 425 cm³/mol. The number of aromatic nitrogens is 2. The van der Waals surface area contributed by atoms with E-state index < -0.39 is 70.7 Å². The van der Waals surface area contributed by atoms with Gasteiger partial charge in [0.1, 0.15) is 34.5 Å². The second-order valence-corrected chi connectivity index (χ2v) is 29.5. The number of anilines is 2. The maximum Gasteiger partial charge on any atom is 0.411 e. The second kappa shape index (κ2) is 40.3. The molecule has 0 aliphatic carbocycles. The number of carboxylic acid groups (broad SMARTS) is 1. The molecule has 578 valence electrons. The van der Waals surface area contributed by atoms with Gasteiger partial charge >= 0.3 is 36.3 Å². The van der Waals surface area contributed by atoms with Crippen molar-refractivity contribution in [2.24, 2.45) is 0 Å². The Morgan fingerprint density at radius 3 is 1.17 bits per heavy atom. The van der Waals surface area contributed by atoms with Gasteiger partial charge in [-0.15, -0.1) is 59.1 Å². The SMILES string of the molecule is C.C.C.C.C.CC(C)(C)OC(=O)N1Cc2ccccc2C1C(=O)CCl.CC(C)(C)OC(=O)N1Cc2ccccc2C1C(=O)O.CNc1nc(C2NCc3ccccc32)cs1.CNc1nc(C2c3ccccc3CN2C(=O)OC(C)(C)C)cs1.COC(=O)C1c2ccccc2CN1C(=O)OC(C)(C)C.Cl.Cl. The van der Waals surface area contributed by atoms with Gasteiger partial charge in [-0.25, -0.2) is 38.7 Å². The lowest BCUT2D eigenvalue weighted by molar-refractivity contribution is -0.146. The van der Waals surface area contributed by atoms with E-state index in [2.05, 4.69) is 67.7 Å². The van der Waals surface area contributed by atoms with Crippen LogP contribution in [0.5, 0.6) is 0 Å². The van der Waals surface area contributed by atoms with Crippen molar-refractivity contribution >= 4 is 111 Å². The monoisotopic (exact) mass is 1550 g/mol. The number of fused-ring (bicyclic) bond motifs is 5. The van der Waals surface area contributed by atoms with Gasteiger partial charge in [-0.3, -0.25) is 24.4 Å². The van der Waals surface area contributed by atoms with Gasteiger partial charge in [-0.2, -0.15) is 0 Å². The highest BCUT2D eigenvalue weighted by atomic mass is 35.5. The first kappa shape index (κ1) is 94.5. The molecule has 4 N–H and O–H groups in total. The number of aliphatic carboxylic acids is 1. The Kier molecular flexibility index (Phi) is 36.2. The van der Waals surface area contributed by atoms with Crippen LogP contribution in [0.1, 0.15) is 217 Å². The summed E-state index contributed by atoms with van der Waals surface area (Å²) in [6.07, 6.45) is -1.91. The number of nitrogens with one attached hydrogen (secondary N) is 3. The highest BCUT2D eigenvalue weighted by Gasteiger charge is 2.44. The fourth-order valence-electron chi connectivity index (χ4n) is 11.5. The summed E-state index contributed by atoms with van der Waals surface area (Å²) in [5.74, 6) is -1.82. The van der Waals surface area contributed by atoms with Crippen LogP contribution in [0.4, 0.5) is 29.4 Å². The molecule has 5 aromatic carbocycles. The van der Waals surface area contributed by atoms with Gasteiger partial charge in [0.25, 0.3) is 0 Å². The maximum absolute atomic E-state index is 12.7. The third-order valence-electron chi connectivity index (χ3n) is 15.5. The smallest absolute Gasteiger partial charge is 0.411 e. The van der Waals surface area contributed by atoms with E-state index in [9.17, 15) is 38.7 Å². The lowest BCUT2D eigenvalue weighted by Crippen LogP contribution is -2.38. The van der Waals surface area contributed by atoms with Gasteiger partial charge in [0.05, 0.1) is 56.6 Å². The van der Waals surface area contributed by atoms with Crippen molar-refractivity contribution in [2.75, 3.05) is 37.7 Å². The Bertz CT molecular complexity index is 3920. The lowest BCUT2D eigenvalue weighted by atomic mass is 10.0. The van der Waals surface area contributed by atoms with E-state index in [-0.39, 0.29) is 98.3 Å². The minimum Gasteiger partial charge on any atom is -0.479 e. The molecule has 22 nitrogen and oxygen atoms in total. The Hall–Kier alpha value is -8.52. The molecule has 105 heavy (non-hydrogen) atoms. The Morgan fingerprint density at radius 2 is 0.790 bits per heavy atom. The summed E-state index contributed by atoms with van der Waals surface area (Å²) in [5.41, 5.74) is 9.65. The number of hydrogen-bond acceptors (Lipinski definition) is 19. The highest BCUT2D eigenvalue weighted by Crippen LogP contribution is 2.42. The van der Waals surface area contributed by atoms with Crippen LogP contribution in [0.25, 0.3) is 0 Å². The number of carbonyl (C=O) groups is 7. The zero-order valence-electron chi connectivity index (χ0n) is 58.9. The summed E-state index contributed by atoms with van der Waals surface area (Å²) in [5, 5.41) is 24.9. The molecule has 27 heteroatoms. The number of amides is 4. The second-order valence-electron chi connectivity index (χ2n) is 27.5. The predicted octanol–water partition coefficient (Wildman–Crippen LogP) is 18.9. The van der Waals surface area contributed by atoms with E-state index in [1.807, 2.05) is 113 Å². The van der Waals surface area contributed by atoms with Crippen LogP contribution in [0, 0.1) is 0 Å². The minimum atomic E-state index is -1.05. The van der Waals surface area contributed by atoms with Crippen molar-refractivity contribution in [3.8, 4) is 0 Å². The van der Waals surface area contributed by atoms with Crippen molar-refractivity contribution in [1.29, 1.82) is 0 Å². The zero-order chi connectivity index (χ0) is 71.6. The standard InChI is InChI=1S/C17H21N3O2S.C15H18ClNO3.C15H19NO4.C14H17NO4.C12H13N3S.5CH4.2ClH/c1-17(2,3)22-16(21)20-9-11-7-5-6-8-12(11)14(20)13-10-23-15(18-4)19-13;1-15(2,3)20-14(19)17-9-10-6-4-5-7-11(10)13(17)12(18)8-16;1-15(2,3)20-14(18)16-9-10-7-5-6-8-11(10)12(16)13(17)19-4;1-14(2,3)19-13(18)15-8-9-6-4-5-7-10(9)11(15)12(16)17;1-13-12-15-10(7-16-12)11-9-5-3-2-4-8(9)6-14-11;;;;;;;/h5-8,10,14H,9H2,1-4H3,(H,18,19);4-7,13H,8-9H2,1-3H3;5-8,12H,9H2,1-4H3;4-7,11H,8H2,1-3H3,(H,16,17);2-5,7,11,14H,6H2,1H3,(H,13,15);5*1H4;2*1H. The summed E-state index contributed by atoms with van der Waals surface area (Å²) < 4.78 is 26.4. The number of esters is 1. The normalized spacial score (nSPS) is 16.6. The number of carboxylic acids is 1. The van der Waals surface area contributed by atoms with Crippen LogP contribution in [0.15, 0.2) is 132 Å². The number of nitrogens with zero attached hydrogens (tertiary/aromatic N) is 6. The maximum atomic E-state index is 12.7. The number of thiazole rings is 2. The summed E-state index contributed by atoms with van der Waals surface area (Å²) in [4.78, 5) is 99.7. The van der Waals surface area contributed by atoms with Crippen molar-refractivity contribution in [2.45, 2.75) is 206 Å². The van der Waals surface area contributed by atoms with Crippen molar-refractivity contribution in [3.05, 3.63) is 199 Å². The number of rotatable bonds is 8. The molecule has 0 saturated heterocycles. The van der Waals surface area contributed by atoms with Crippen LogP contribution in [-0.4, -0.2) is 126 Å². The molecule has 0 bridgehead atoms. The molecule has 0 spiro atoms. The molecule has 7 heterocycles. The minimum absolute atomic E-state index is 0. The quantitative estimate of drug-likeness (QED) is 0.0626. The van der Waals surface area contributed by atoms with Crippen molar-refractivity contribution in [3.63, 3.8) is 0 Å². The Balaban J connectivity index is 0.000000648. The molecule has 5 atom stereocenters. The summed E-state index contributed by atoms with van der Waals surface area (Å²) >= 11 is 8.86. The van der Waals surface area contributed by atoms with Gasteiger partial charge < -0.3 is 44.7 Å². The Morgan fingerprint density at radius 1 is 0.476 bits per heavy atom. The molecule has 0 radical (unpaired) electrons. The topological polar surface area (TPSA) is 261 Å². The van der Waals surface area contributed by atoms with E-state index >= 15 is 0 Å². The zero-order valence-corrected chi connectivity index (χ0v) is 62.9. The first-order chi connectivity index (χ1) is 46.2. The number of alkyl halides is 1. The largest absolute Gasteiger partial charge is 0.479 e. The van der Waals surface area contributed by atoms with Crippen LogP contribution in [0.3, 0.4) is 0 Å². The number of hydrogen-bond donors (Lipinski definition) is 4. The number of halogens is 3. The number of ketones is 1. The summed E-state index contributed by atoms with van der Waals surface area (Å²) in [6.45, 7) is 24.1. The number of benzene rings is 5. The number of Topliss-reactive ketones (excluding diaryl/α,β-unsaturated/α-hetero) is 1. The molecule has 7 aromatic rings. The van der Waals surface area contributed by atoms with Crippen molar-refractivity contribution in [1.82, 2.24) is 34.9 Å².